The molecule has 2 aromatic carbocycles. The summed E-state index contributed by atoms with van der Waals surface area (Å²) in [6, 6.07) is 12.0. The molecule has 0 bridgehead atoms. The van der Waals surface area contributed by atoms with E-state index in [1.807, 2.05) is 12.1 Å². The summed E-state index contributed by atoms with van der Waals surface area (Å²) in [6.45, 7) is 0.160. The first-order valence-corrected chi connectivity index (χ1v) is 8.85. The number of para-hydroxylation sites is 1. The molecule has 0 fully saturated rings. The van der Waals surface area contributed by atoms with Crippen molar-refractivity contribution < 1.29 is 13.2 Å². The van der Waals surface area contributed by atoms with Crippen molar-refractivity contribution in [2.45, 2.75) is 12.3 Å². The molecule has 7 heteroatoms. The topological polar surface area (TPSA) is 55.4 Å². The lowest BCUT2D eigenvalue weighted by Gasteiger charge is -2.10. The molecular formula is C15H15Cl2NO3S. The first-order valence-electron chi connectivity index (χ1n) is 6.44. The van der Waals surface area contributed by atoms with E-state index < -0.39 is 10.0 Å². The Kier molecular flexibility index (Phi) is 5.69. The predicted octanol–water partition coefficient (Wildman–Crippen LogP) is 3.62. The maximum atomic E-state index is 12.1. The molecule has 0 unspecified atom stereocenters. The van der Waals surface area contributed by atoms with Gasteiger partial charge in [-0.05, 0) is 23.8 Å². The van der Waals surface area contributed by atoms with Gasteiger partial charge in [-0.25, -0.2) is 13.1 Å². The summed E-state index contributed by atoms with van der Waals surface area (Å²) in [5.74, 6) is 0.471. The number of rotatable bonds is 6. The van der Waals surface area contributed by atoms with E-state index >= 15 is 0 Å². The first-order chi connectivity index (χ1) is 10.4. The summed E-state index contributed by atoms with van der Waals surface area (Å²) >= 11 is 11.7. The van der Waals surface area contributed by atoms with Crippen LogP contribution in [0.25, 0.3) is 0 Å². The zero-order chi connectivity index (χ0) is 16.2. The van der Waals surface area contributed by atoms with E-state index in [2.05, 4.69) is 4.72 Å². The van der Waals surface area contributed by atoms with Crippen molar-refractivity contribution in [3.63, 3.8) is 0 Å². The Morgan fingerprint density at radius 3 is 2.50 bits per heavy atom. The molecule has 2 aromatic rings. The van der Waals surface area contributed by atoms with Crippen molar-refractivity contribution in [3.05, 3.63) is 63.6 Å². The third kappa shape index (κ3) is 4.61. The summed E-state index contributed by atoms with van der Waals surface area (Å²) < 4.78 is 32.0. The van der Waals surface area contributed by atoms with Crippen molar-refractivity contribution in [1.29, 1.82) is 0 Å². The Morgan fingerprint density at radius 1 is 1.09 bits per heavy atom. The van der Waals surface area contributed by atoms with Gasteiger partial charge in [-0.2, -0.15) is 0 Å². The molecule has 0 saturated carbocycles. The summed E-state index contributed by atoms with van der Waals surface area (Å²) in [6.07, 6.45) is 0. The summed E-state index contributed by atoms with van der Waals surface area (Å²) in [5, 5.41) is 0.726. The van der Waals surface area contributed by atoms with Gasteiger partial charge in [0.2, 0.25) is 10.0 Å². The molecule has 0 spiro atoms. The molecule has 2 rings (SSSR count). The van der Waals surface area contributed by atoms with Crippen LogP contribution in [0.3, 0.4) is 0 Å². The number of sulfonamides is 1. The maximum absolute atomic E-state index is 12.1. The minimum Gasteiger partial charge on any atom is -0.496 e. The van der Waals surface area contributed by atoms with E-state index in [0.717, 1.165) is 5.56 Å². The highest BCUT2D eigenvalue weighted by atomic mass is 35.5. The van der Waals surface area contributed by atoms with Crippen LogP contribution in [0.1, 0.15) is 11.1 Å². The van der Waals surface area contributed by atoms with Crippen LogP contribution in [0.4, 0.5) is 0 Å². The minimum absolute atomic E-state index is 0.160. The number of benzene rings is 2. The van der Waals surface area contributed by atoms with Crippen LogP contribution in [0.2, 0.25) is 10.0 Å². The second kappa shape index (κ2) is 7.33. The predicted molar refractivity (Wildman–Crippen MR) is 88.9 cm³/mol. The smallest absolute Gasteiger partial charge is 0.216 e. The van der Waals surface area contributed by atoms with E-state index in [4.69, 9.17) is 27.9 Å². The first kappa shape index (κ1) is 17.1. The van der Waals surface area contributed by atoms with Crippen LogP contribution in [-0.2, 0) is 22.3 Å². The van der Waals surface area contributed by atoms with Crippen molar-refractivity contribution >= 4 is 33.2 Å². The molecule has 0 aliphatic carbocycles. The summed E-state index contributed by atoms with van der Waals surface area (Å²) in [7, 11) is -1.95. The quantitative estimate of drug-likeness (QED) is 0.856. The van der Waals surface area contributed by atoms with Gasteiger partial charge >= 0.3 is 0 Å². The van der Waals surface area contributed by atoms with Crippen LogP contribution in [-0.4, -0.2) is 15.5 Å². The van der Waals surface area contributed by atoms with E-state index in [9.17, 15) is 8.42 Å². The maximum Gasteiger partial charge on any atom is 0.216 e. The molecular weight excluding hydrogens is 345 g/mol. The van der Waals surface area contributed by atoms with Gasteiger partial charge in [-0.3, -0.25) is 0 Å². The van der Waals surface area contributed by atoms with Gasteiger partial charge in [-0.1, -0.05) is 47.5 Å². The number of nitrogens with one attached hydrogen (secondary N) is 1. The monoisotopic (exact) mass is 359 g/mol. The molecule has 0 heterocycles. The van der Waals surface area contributed by atoms with Gasteiger partial charge in [-0.15, -0.1) is 0 Å². The van der Waals surface area contributed by atoms with Crippen molar-refractivity contribution in [3.8, 4) is 5.75 Å². The van der Waals surface area contributed by atoms with Gasteiger partial charge in [0.05, 0.1) is 22.9 Å². The fourth-order valence-corrected chi connectivity index (χ4v) is 3.35. The van der Waals surface area contributed by atoms with Crippen LogP contribution in [0.15, 0.2) is 42.5 Å². The van der Waals surface area contributed by atoms with E-state index in [1.165, 1.54) is 0 Å². The van der Waals surface area contributed by atoms with E-state index in [0.29, 0.717) is 21.4 Å². The Labute approximate surface area is 140 Å². The average Bonchev–Trinajstić information content (AvgIpc) is 2.49. The molecule has 0 aliphatic heterocycles. The van der Waals surface area contributed by atoms with E-state index in [-0.39, 0.29) is 12.3 Å². The van der Waals surface area contributed by atoms with Crippen molar-refractivity contribution in [2.75, 3.05) is 7.11 Å². The average molecular weight is 360 g/mol. The molecule has 1 N–H and O–H groups in total. The van der Waals surface area contributed by atoms with E-state index in [1.54, 1.807) is 37.4 Å². The lowest BCUT2D eigenvalue weighted by atomic mass is 10.2. The third-order valence-corrected chi connectivity index (χ3v) is 5.05. The van der Waals surface area contributed by atoms with Crippen LogP contribution in [0, 0.1) is 0 Å². The number of hydrogen-bond acceptors (Lipinski definition) is 3. The highest BCUT2D eigenvalue weighted by molar-refractivity contribution is 7.88. The fraction of sp³-hybridized carbons (Fsp3) is 0.200. The lowest BCUT2D eigenvalue weighted by molar-refractivity contribution is 0.409. The highest BCUT2D eigenvalue weighted by Gasteiger charge is 2.13. The molecule has 22 heavy (non-hydrogen) atoms. The van der Waals surface area contributed by atoms with Crippen LogP contribution >= 0.6 is 23.2 Å². The van der Waals surface area contributed by atoms with Gasteiger partial charge in [0, 0.05) is 12.1 Å². The Balaban J connectivity index is 2.06. The minimum atomic E-state index is -3.49. The van der Waals surface area contributed by atoms with Gasteiger partial charge in [0.25, 0.3) is 0 Å². The Morgan fingerprint density at radius 2 is 1.82 bits per heavy atom. The second-order valence-corrected chi connectivity index (χ2v) is 7.26. The standard InChI is InChI=1S/C15H15Cl2NO3S/c1-21-15-5-3-2-4-12(15)9-18-22(19,20)10-11-6-7-13(16)14(17)8-11/h2-8,18H,9-10H2,1H3. The molecule has 0 atom stereocenters. The normalized spacial score (nSPS) is 11.4. The SMILES string of the molecule is COc1ccccc1CNS(=O)(=O)Cc1ccc(Cl)c(Cl)c1. The fourth-order valence-electron chi connectivity index (χ4n) is 1.94. The van der Waals surface area contributed by atoms with Gasteiger partial charge < -0.3 is 4.74 Å². The molecule has 0 radical (unpaired) electrons. The van der Waals surface area contributed by atoms with Crippen LogP contribution < -0.4 is 9.46 Å². The molecule has 4 nitrogen and oxygen atoms in total. The number of hydrogen-bond donors (Lipinski definition) is 1. The number of halogens is 2. The van der Waals surface area contributed by atoms with Crippen molar-refractivity contribution in [1.82, 2.24) is 4.72 Å². The lowest BCUT2D eigenvalue weighted by Crippen LogP contribution is -2.24. The largest absolute Gasteiger partial charge is 0.496 e. The summed E-state index contributed by atoms with van der Waals surface area (Å²) in [4.78, 5) is 0. The zero-order valence-electron chi connectivity index (χ0n) is 11.8. The second-order valence-electron chi connectivity index (χ2n) is 4.64. The number of ether oxygens (including phenoxy) is 1. The zero-order valence-corrected chi connectivity index (χ0v) is 14.2. The van der Waals surface area contributed by atoms with Gasteiger partial charge in [0.15, 0.2) is 0 Å². The number of methoxy groups -OCH3 is 1. The van der Waals surface area contributed by atoms with Crippen LogP contribution in [0.5, 0.6) is 5.75 Å². The Hall–Kier alpha value is -1.27. The van der Waals surface area contributed by atoms with Crippen molar-refractivity contribution in [2.24, 2.45) is 0 Å². The molecule has 0 aliphatic rings. The molecule has 0 aromatic heterocycles. The summed E-state index contributed by atoms with van der Waals surface area (Å²) in [5.41, 5.74) is 1.34. The molecule has 118 valence electrons. The Bertz CT molecular complexity index is 763. The highest BCUT2D eigenvalue weighted by Crippen LogP contribution is 2.23. The molecule has 0 saturated heterocycles. The van der Waals surface area contributed by atoms with Gasteiger partial charge in [0.1, 0.15) is 5.75 Å². The molecule has 0 amide bonds. The third-order valence-electron chi connectivity index (χ3n) is 3.02.